The Hall–Kier alpha value is -1.03. The average molecular weight is 229 g/mol. The van der Waals surface area contributed by atoms with Crippen LogP contribution in [0.25, 0.3) is 0 Å². The molecule has 88 valence electrons. The van der Waals surface area contributed by atoms with Gasteiger partial charge in [-0.2, -0.15) is 13.2 Å². The molecular formula is C12H14F3N. The van der Waals surface area contributed by atoms with Crippen LogP contribution in [0.2, 0.25) is 0 Å². The Bertz CT molecular complexity index is 334. The second-order valence-electron chi connectivity index (χ2n) is 4.16. The van der Waals surface area contributed by atoms with Crippen LogP contribution in [0.15, 0.2) is 30.3 Å². The van der Waals surface area contributed by atoms with E-state index in [0.29, 0.717) is 13.0 Å². The smallest absolute Gasteiger partial charge is 0.316 e. The van der Waals surface area contributed by atoms with Crippen molar-refractivity contribution in [1.29, 1.82) is 0 Å². The third-order valence-electron chi connectivity index (χ3n) is 3.13. The zero-order valence-corrected chi connectivity index (χ0v) is 8.80. The molecule has 1 aliphatic rings. The van der Waals surface area contributed by atoms with Gasteiger partial charge in [0.25, 0.3) is 0 Å². The Kier molecular flexibility index (Phi) is 3.19. The van der Waals surface area contributed by atoms with Crippen LogP contribution in [0.4, 0.5) is 13.2 Å². The maximum absolute atomic E-state index is 12.8. The molecular weight excluding hydrogens is 215 g/mol. The minimum absolute atomic E-state index is 0.0308. The summed E-state index contributed by atoms with van der Waals surface area (Å²) in [6, 6.07) is 8.99. The summed E-state index contributed by atoms with van der Waals surface area (Å²) in [7, 11) is 0. The number of benzene rings is 1. The van der Waals surface area contributed by atoms with Gasteiger partial charge in [0.2, 0.25) is 0 Å². The van der Waals surface area contributed by atoms with E-state index in [-0.39, 0.29) is 6.54 Å². The van der Waals surface area contributed by atoms with Gasteiger partial charge in [-0.25, -0.2) is 0 Å². The molecule has 1 aromatic carbocycles. The van der Waals surface area contributed by atoms with Gasteiger partial charge in [-0.05, 0) is 24.4 Å². The van der Waals surface area contributed by atoms with Crippen molar-refractivity contribution in [1.82, 2.24) is 5.32 Å². The molecule has 16 heavy (non-hydrogen) atoms. The van der Waals surface area contributed by atoms with Crippen LogP contribution >= 0.6 is 0 Å². The van der Waals surface area contributed by atoms with Crippen molar-refractivity contribution < 1.29 is 13.2 Å². The molecule has 1 aromatic rings. The maximum atomic E-state index is 12.8. The number of alkyl halides is 3. The highest BCUT2D eigenvalue weighted by Crippen LogP contribution is 2.40. The van der Waals surface area contributed by atoms with E-state index in [1.165, 1.54) is 0 Å². The normalized spacial score (nSPS) is 26.7. The highest BCUT2D eigenvalue weighted by atomic mass is 19.4. The topological polar surface area (TPSA) is 12.0 Å². The lowest BCUT2D eigenvalue weighted by Crippen LogP contribution is -2.43. The fourth-order valence-electron chi connectivity index (χ4n) is 2.30. The number of hydrogen-bond acceptors (Lipinski definition) is 1. The van der Waals surface area contributed by atoms with Crippen LogP contribution in [0, 0.1) is 5.92 Å². The van der Waals surface area contributed by atoms with Gasteiger partial charge in [0.05, 0.1) is 5.92 Å². The zero-order valence-electron chi connectivity index (χ0n) is 8.80. The predicted octanol–water partition coefficient (Wildman–Crippen LogP) is 2.94. The largest absolute Gasteiger partial charge is 0.393 e. The van der Waals surface area contributed by atoms with E-state index < -0.39 is 18.0 Å². The van der Waals surface area contributed by atoms with E-state index in [9.17, 15) is 13.2 Å². The van der Waals surface area contributed by atoms with E-state index in [1.807, 2.05) is 6.07 Å². The lowest BCUT2D eigenvalue weighted by molar-refractivity contribution is -0.183. The van der Waals surface area contributed by atoms with Crippen molar-refractivity contribution in [3.8, 4) is 0 Å². The summed E-state index contributed by atoms with van der Waals surface area (Å²) < 4.78 is 38.5. The van der Waals surface area contributed by atoms with Gasteiger partial charge in [-0.3, -0.25) is 0 Å². The van der Waals surface area contributed by atoms with Gasteiger partial charge in [0, 0.05) is 6.54 Å². The number of piperidine rings is 1. The molecule has 1 saturated heterocycles. The van der Waals surface area contributed by atoms with Gasteiger partial charge in [-0.1, -0.05) is 30.3 Å². The first-order valence-corrected chi connectivity index (χ1v) is 5.41. The average Bonchev–Trinajstić information content (AvgIpc) is 2.29. The molecule has 1 aliphatic heterocycles. The highest BCUT2D eigenvalue weighted by Gasteiger charge is 2.45. The molecule has 0 aromatic heterocycles. The van der Waals surface area contributed by atoms with Crippen LogP contribution in [0.5, 0.6) is 0 Å². The Morgan fingerprint density at radius 1 is 1.12 bits per heavy atom. The number of hydrogen-bond donors (Lipinski definition) is 1. The minimum atomic E-state index is -4.12. The maximum Gasteiger partial charge on any atom is 0.393 e. The molecule has 1 N–H and O–H groups in total. The van der Waals surface area contributed by atoms with Crippen LogP contribution in [-0.4, -0.2) is 19.3 Å². The van der Waals surface area contributed by atoms with E-state index >= 15 is 0 Å². The standard InChI is InChI=1S/C12H14F3N/c13-12(14,15)11-8-16-7-6-10(11)9-4-2-1-3-5-9/h1-5,10-11,16H,6-8H2/t10-,11+/m1/s1. The second kappa shape index (κ2) is 4.45. The molecule has 1 nitrogen and oxygen atoms in total. The van der Waals surface area contributed by atoms with Crippen molar-refractivity contribution in [2.75, 3.05) is 13.1 Å². The molecule has 0 amide bonds. The van der Waals surface area contributed by atoms with Gasteiger partial charge in [-0.15, -0.1) is 0 Å². The SMILES string of the molecule is FC(F)(F)[C@H]1CNCC[C@@H]1c1ccccc1. The van der Waals surface area contributed by atoms with Gasteiger partial charge < -0.3 is 5.32 Å². The van der Waals surface area contributed by atoms with E-state index in [1.54, 1.807) is 24.3 Å². The molecule has 0 radical (unpaired) electrons. The van der Waals surface area contributed by atoms with Crippen molar-refractivity contribution in [3.05, 3.63) is 35.9 Å². The Balaban J connectivity index is 2.24. The summed E-state index contributed by atoms with van der Waals surface area (Å²) in [5.74, 6) is -1.66. The first kappa shape index (κ1) is 11.5. The first-order chi connectivity index (χ1) is 7.59. The van der Waals surface area contributed by atoms with E-state index in [4.69, 9.17) is 0 Å². The van der Waals surface area contributed by atoms with Crippen LogP contribution < -0.4 is 5.32 Å². The molecule has 1 fully saturated rings. The van der Waals surface area contributed by atoms with Gasteiger partial charge in [0.15, 0.2) is 0 Å². The molecule has 0 aliphatic carbocycles. The molecule has 2 atom stereocenters. The molecule has 0 unspecified atom stereocenters. The van der Waals surface area contributed by atoms with Gasteiger partial charge in [0.1, 0.15) is 0 Å². The van der Waals surface area contributed by atoms with Crippen molar-refractivity contribution >= 4 is 0 Å². The minimum Gasteiger partial charge on any atom is -0.316 e. The fraction of sp³-hybridized carbons (Fsp3) is 0.500. The van der Waals surface area contributed by atoms with Crippen LogP contribution in [0.3, 0.4) is 0 Å². The van der Waals surface area contributed by atoms with Crippen molar-refractivity contribution in [2.45, 2.75) is 18.5 Å². The lowest BCUT2D eigenvalue weighted by Gasteiger charge is -2.33. The summed E-state index contributed by atoms with van der Waals surface area (Å²) in [5, 5.41) is 2.82. The second-order valence-corrected chi connectivity index (χ2v) is 4.16. The predicted molar refractivity (Wildman–Crippen MR) is 56.2 cm³/mol. The Morgan fingerprint density at radius 2 is 1.81 bits per heavy atom. The molecule has 0 bridgehead atoms. The summed E-state index contributed by atoms with van der Waals surface area (Å²) in [6.45, 7) is 0.690. The number of halogens is 3. The first-order valence-electron chi connectivity index (χ1n) is 5.41. The highest BCUT2D eigenvalue weighted by molar-refractivity contribution is 5.21. The lowest BCUT2D eigenvalue weighted by atomic mass is 9.81. The zero-order chi connectivity index (χ0) is 11.6. The number of nitrogens with one attached hydrogen (secondary N) is 1. The van der Waals surface area contributed by atoms with Crippen LogP contribution in [0.1, 0.15) is 17.9 Å². The van der Waals surface area contributed by atoms with Crippen molar-refractivity contribution in [2.24, 2.45) is 5.92 Å². The van der Waals surface area contributed by atoms with Crippen molar-refractivity contribution in [3.63, 3.8) is 0 Å². The quantitative estimate of drug-likeness (QED) is 0.780. The molecule has 0 spiro atoms. The molecule has 0 saturated carbocycles. The van der Waals surface area contributed by atoms with E-state index in [2.05, 4.69) is 5.32 Å². The van der Waals surface area contributed by atoms with Gasteiger partial charge >= 0.3 is 6.18 Å². The summed E-state index contributed by atoms with van der Waals surface area (Å²) >= 11 is 0. The third kappa shape index (κ3) is 2.38. The number of rotatable bonds is 1. The summed E-state index contributed by atoms with van der Waals surface area (Å²) in [4.78, 5) is 0. The van der Waals surface area contributed by atoms with E-state index in [0.717, 1.165) is 5.56 Å². The fourth-order valence-corrected chi connectivity index (χ4v) is 2.30. The third-order valence-corrected chi connectivity index (χ3v) is 3.13. The molecule has 1 heterocycles. The molecule has 4 heteroatoms. The summed E-state index contributed by atoms with van der Waals surface area (Å²) in [5.41, 5.74) is 0.798. The molecule has 2 rings (SSSR count). The Morgan fingerprint density at radius 3 is 2.44 bits per heavy atom. The Labute approximate surface area is 92.7 Å². The monoisotopic (exact) mass is 229 g/mol. The van der Waals surface area contributed by atoms with Crippen LogP contribution in [-0.2, 0) is 0 Å². The summed E-state index contributed by atoms with van der Waals surface area (Å²) in [6.07, 6.45) is -3.57.